The molecule has 2 N–H and O–H groups in total. The van der Waals surface area contributed by atoms with E-state index in [2.05, 4.69) is 15.2 Å². The van der Waals surface area contributed by atoms with Crippen LogP contribution in [0, 0.1) is 13.8 Å². The van der Waals surface area contributed by atoms with E-state index in [4.69, 9.17) is 10.5 Å². The molecule has 0 fully saturated rings. The molecule has 0 amide bonds. The molecule has 2 aromatic rings. The lowest BCUT2D eigenvalue weighted by molar-refractivity contribution is 0.293. The number of aryl methyl sites for hydroxylation is 2. The smallest absolute Gasteiger partial charge is 0.189 e. The van der Waals surface area contributed by atoms with Crippen molar-refractivity contribution in [3.8, 4) is 5.75 Å². The summed E-state index contributed by atoms with van der Waals surface area (Å²) in [4.78, 5) is 4.28. The summed E-state index contributed by atoms with van der Waals surface area (Å²) in [6, 6.07) is 7.24. The van der Waals surface area contributed by atoms with Crippen LogP contribution in [0.1, 0.15) is 17.2 Å². The van der Waals surface area contributed by atoms with Gasteiger partial charge in [-0.05, 0) is 26.0 Å². The predicted octanol–water partition coefficient (Wildman–Crippen LogP) is 1.65. The molecule has 2 rings (SSSR count). The Hall–Kier alpha value is -2.17. The Balaban J connectivity index is 2.05. The fourth-order valence-corrected chi connectivity index (χ4v) is 1.32. The second-order valence-electron chi connectivity index (χ2n) is 3.76. The normalized spacial score (nSPS) is 10.2. The zero-order chi connectivity index (χ0) is 12.3. The largest absolute Gasteiger partial charge is 0.485 e. The third kappa shape index (κ3) is 2.90. The average Bonchev–Trinajstić information content (AvgIpc) is 2.31. The maximum absolute atomic E-state index is 5.65. The van der Waals surface area contributed by atoms with Crippen molar-refractivity contribution in [3.63, 3.8) is 0 Å². The standard InChI is InChI=1S/C12H14N4O/c1-8-9(2)15-16-12(14-8)7-17-11-5-3-4-10(13)6-11/h3-6H,7,13H2,1-2H3. The van der Waals surface area contributed by atoms with E-state index in [1.807, 2.05) is 26.0 Å². The molecule has 0 saturated heterocycles. The summed E-state index contributed by atoms with van der Waals surface area (Å²) >= 11 is 0. The van der Waals surface area contributed by atoms with Crippen molar-refractivity contribution in [2.24, 2.45) is 0 Å². The van der Waals surface area contributed by atoms with Crippen LogP contribution in [0.25, 0.3) is 0 Å². The summed E-state index contributed by atoms with van der Waals surface area (Å²) in [5.41, 5.74) is 8.01. The molecule has 5 heteroatoms. The Kier molecular flexibility index (Phi) is 3.18. The minimum Gasteiger partial charge on any atom is -0.485 e. The van der Waals surface area contributed by atoms with Gasteiger partial charge >= 0.3 is 0 Å². The summed E-state index contributed by atoms with van der Waals surface area (Å²) in [6.07, 6.45) is 0. The molecule has 1 aromatic carbocycles. The van der Waals surface area contributed by atoms with E-state index in [1.54, 1.807) is 12.1 Å². The number of rotatable bonds is 3. The highest BCUT2D eigenvalue weighted by Crippen LogP contribution is 2.15. The molecule has 0 spiro atoms. The van der Waals surface area contributed by atoms with Gasteiger partial charge in [0.05, 0.1) is 11.4 Å². The number of nitrogens with zero attached hydrogens (tertiary/aromatic N) is 3. The van der Waals surface area contributed by atoms with Gasteiger partial charge in [-0.15, -0.1) is 5.10 Å². The number of nitrogen functional groups attached to an aromatic ring is 1. The van der Waals surface area contributed by atoms with Gasteiger partial charge in [0, 0.05) is 11.8 Å². The quantitative estimate of drug-likeness (QED) is 0.811. The van der Waals surface area contributed by atoms with Crippen LogP contribution in [-0.4, -0.2) is 15.2 Å². The van der Waals surface area contributed by atoms with Crippen molar-refractivity contribution in [3.05, 3.63) is 41.5 Å². The topological polar surface area (TPSA) is 73.9 Å². The molecule has 1 heterocycles. The Bertz CT molecular complexity index is 528. The molecule has 17 heavy (non-hydrogen) atoms. The lowest BCUT2D eigenvalue weighted by atomic mass is 10.3. The molecule has 0 aliphatic rings. The second-order valence-corrected chi connectivity index (χ2v) is 3.76. The van der Waals surface area contributed by atoms with Crippen LogP contribution in [0.4, 0.5) is 5.69 Å². The fraction of sp³-hybridized carbons (Fsp3) is 0.250. The summed E-state index contributed by atoms with van der Waals surface area (Å²) in [5, 5.41) is 7.95. The molecule has 0 atom stereocenters. The van der Waals surface area contributed by atoms with E-state index in [1.165, 1.54) is 0 Å². The number of anilines is 1. The maximum atomic E-state index is 5.65. The number of hydrogen-bond donors (Lipinski definition) is 1. The van der Waals surface area contributed by atoms with Crippen LogP contribution in [0.3, 0.4) is 0 Å². The maximum Gasteiger partial charge on any atom is 0.189 e. The van der Waals surface area contributed by atoms with Gasteiger partial charge in [-0.1, -0.05) is 6.07 Å². The summed E-state index contributed by atoms with van der Waals surface area (Å²) in [6.45, 7) is 4.06. The van der Waals surface area contributed by atoms with Crippen molar-refractivity contribution in [1.29, 1.82) is 0 Å². The van der Waals surface area contributed by atoms with E-state index in [0.717, 1.165) is 11.4 Å². The molecule has 0 aliphatic heterocycles. The number of hydrogen-bond acceptors (Lipinski definition) is 5. The van der Waals surface area contributed by atoms with Crippen LogP contribution < -0.4 is 10.5 Å². The van der Waals surface area contributed by atoms with Crippen LogP contribution in [0.15, 0.2) is 24.3 Å². The van der Waals surface area contributed by atoms with Gasteiger partial charge in [0.1, 0.15) is 12.4 Å². The molecule has 5 nitrogen and oxygen atoms in total. The van der Waals surface area contributed by atoms with Crippen LogP contribution in [-0.2, 0) is 6.61 Å². The van der Waals surface area contributed by atoms with Crippen molar-refractivity contribution in [2.45, 2.75) is 20.5 Å². The summed E-state index contributed by atoms with van der Waals surface area (Å²) in [7, 11) is 0. The van der Waals surface area contributed by atoms with E-state index in [0.29, 0.717) is 17.3 Å². The lowest BCUT2D eigenvalue weighted by Gasteiger charge is -2.06. The molecule has 0 unspecified atom stereocenters. The zero-order valence-corrected chi connectivity index (χ0v) is 9.84. The highest BCUT2D eigenvalue weighted by atomic mass is 16.5. The lowest BCUT2D eigenvalue weighted by Crippen LogP contribution is -2.06. The van der Waals surface area contributed by atoms with Gasteiger partial charge in [0.25, 0.3) is 0 Å². The van der Waals surface area contributed by atoms with Gasteiger partial charge in [-0.3, -0.25) is 0 Å². The van der Waals surface area contributed by atoms with Gasteiger partial charge in [0.2, 0.25) is 0 Å². The monoisotopic (exact) mass is 230 g/mol. The van der Waals surface area contributed by atoms with Crippen molar-refractivity contribution in [1.82, 2.24) is 15.2 Å². The first-order valence-electron chi connectivity index (χ1n) is 5.30. The molecule has 0 aliphatic carbocycles. The van der Waals surface area contributed by atoms with E-state index >= 15 is 0 Å². The SMILES string of the molecule is Cc1nnc(COc2cccc(N)c2)nc1C. The van der Waals surface area contributed by atoms with Crippen molar-refractivity contribution < 1.29 is 4.74 Å². The Morgan fingerprint density at radius 1 is 1.18 bits per heavy atom. The molecule has 1 aromatic heterocycles. The minimum atomic E-state index is 0.289. The highest BCUT2D eigenvalue weighted by molar-refractivity contribution is 5.43. The highest BCUT2D eigenvalue weighted by Gasteiger charge is 2.02. The van der Waals surface area contributed by atoms with Gasteiger partial charge in [0.15, 0.2) is 5.82 Å². The predicted molar refractivity (Wildman–Crippen MR) is 64.5 cm³/mol. The second kappa shape index (κ2) is 4.78. The zero-order valence-electron chi connectivity index (χ0n) is 9.84. The average molecular weight is 230 g/mol. The molecular formula is C12H14N4O. The Morgan fingerprint density at radius 3 is 2.71 bits per heavy atom. The minimum absolute atomic E-state index is 0.289. The molecule has 0 radical (unpaired) electrons. The van der Waals surface area contributed by atoms with Crippen LogP contribution in [0.2, 0.25) is 0 Å². The van der Waals surface area contributed by atoms with Crippen molar-refractivity contribution >= 4 is 5.69 Å². The number of aromatic nitrogens is 3. The number of ether oxygens (including phenoxy) is 1. The molecule has 88 valence electrons. The number of benzene rings is 1. The molecule has 0 saturated carbocycles. The first kappa shape index (κ1) is 11.3. The first-order valence-corrected chi connectivity index (χ1v) is 5.30. The molecule has 0 bridgehead atoms. The molecular weight excluding hydrogens is 216 g/mol. The third-order valence-electron chi connectivity index (χ3n) is 2.36. The Morgan fingerprint density at radius 2 is 2.00 bits per heavy atom. The van der Waals surface area contributed by atoms with Crippen LogP contribution >= 0.6 is 0 Å². The third-order valence-corrected chi connectivity index (χ3v) is 2.36. The Labute approximate surface area is 99.7 Å². The van der Waals surface area contributed by atoms with Gasteiger partial charge in [-0.2, -0.15) is 5.10 Å². The van der Waals surface area contributed by atoms with Gasteiger partial charge in [-0.25, -0.2) is 4.98 Å². The van der Waals surface area contributed by atoms with E-state index in [-0.39, 0.29) is 6.61 Å². The number of nitrogens with two attached hydrogens (primary N) is 1. The summed E-state index contributed by atoms with van der Waals surface area (Å²) in [5.74, 6) is 1.27. The van der Waals surface area contributed by atoms with E-state index in [9.17, 15) is 0 Å². The first-order chi connectivity index (χ1) is 8.15. The van der Waals surface area contributed by atoms with Gasteiger partial charge < -0.3 is 10.5 Å². The van der Waals surface area contributed by atoms with Crippen molar-refractivity contribution in [2.75, 3.05) is 5.73 Å². The fourth-order valence-electron chi connectivity index (χ4n) is 1.32. The summed E-state index contributed by atoms with van der Waals surface area (Å²) < 4.78 is 5.52. The van der Waals surface area contributed by atoms with E-state index < -0.39 is 0 Å². The van der Waals surface area contributed by atoms with Crippen LogP contribution in [0.5, 0.6) is 5.75 Å².